The molecule has 1 aliphatic rings. The monoisotopic (exact) mass is 289 g/mol. The van der Waals surface area contributed by atoms with Crippen LogP contribution >= 0.6 is 0 Å². The van der Waals surface area contributed by atoms with Crippen LogP contribution in [-0.2, 0) is 0 Å². The number of nitrogens with zero attached hydrogens (tertiary/aromatic N) is 1. The minimum absolute atomic E-state index is 0.143. The standard InChI is InChI=1S/C17H20FNO2/c1-11-15(20)13-10-12(18)4-5-14(13)21-16(11)19-8-6-17(2,3)7-9-19/h4-5,10H,6-9H2,1-3H3. The minimum atomic E-state index is -0.415. The molecule has 1 aliphatic heterocycles. The molecule has 0 spiro atoms. The number of hydrogen-bond acceptors (Lipinski definition) is 3. The van der Waals surface area contributed by atoms with Gasteiger partial charge in [-0.25, -0.2) is 4.39 Å². The van der Waals surface area contributed by atoms with E-state index in [2.05, 4.69) is 18.7 Å². The van der Waals surface area contributed by atoms with Gasteiger partial charge >= 0.3 is 0 Å². The summed E-state index contributed by atoms with van der Waals surface area (Å²) in [5, 5.41) is 0.314. The zero-order valence-electron chi connectivity index (χ0n) is 12.7. The summed E-state index contributed by atoms with van der Waals surface area (Å²) in [6, 6.07) is 4.10. The molecule has 1 aromatic carbocycles. The Morgan fingerprint density at radius 2 is 1.90 bits per heavy atom. The highest BCUT2D eigenvalue weighted by molar-refractivity contribution is 5.79. The van der Waals surface area contributed by atoms with E-state index in [-0.39, 0.29) is 5.43 Å². The Morgan fingerprint density at radius 3 is 2.57 bits per heavy atom. The minimum Gasteiger partial charge on any atom is -0.440 e. The maximum atomic E-state index is 13.3. The van der Waals surface area contributed by atoms with Gasteiger partial charge in [0.05, 0.1) is 10.9 Å². The highest BCUT2D eigenvalue weighted by Crippen LogP contribution is 2.33. The van der Waals surface area contributed by atoms with Crippen molar-refractivity contribution in [2.24, 2.45) is 5.41 Å². The molecule has 21 heavy (non-hydrogen) atoms. The Kier molecular flexibility index (Phi) is 3.27. The van der Waals surface area contributed by atoms with Crippen molar-refractivity contribution in [1.82, 2.24) is 0 Å². The first-order valence-electron chi connectivity index (χ1n) is 7.35. The van der Waals surface area contributed by atoms with E-state index in [1.165, 1.54) is 18.2 Å². The maximum Gasteiger partial charge on any atom is 0.202 e. The fourth-order valence-electron chi connectivity index (χ4n) is 2.87. The molecule has 1 fully saturated rings. The number of anilines is 1. The van der Waals surface area contributed by atoms with Crippen LogP contribution in [0.3, 0.4) is 0 Å². The van der Waals surface area contributed by atoms with Gasteiger partial charge in [-0.3, -0.25) is 4.79 Å². The van der Waals surface area contributed by atoms with Crippen molar-refractivity contribution in [2.75, 3.05) is 18.0 Å². The normalized spacial score (nSPS) is 18.2. The first kappa shape index (κ1) is 14.1. The Morgan fingerprint density at radius 1 is 1.24 bits per heavy atom. The Labute approximate surface area is 123 Å². The van der Waals surface area contributed by atoms with E-state index in [9.17, 15) is 9.18 Å². The molecule has 0 amide bonds. The predicted molar refractivity (Wildman–Crippen MR) is 82.4 cm³/mol. The van der Waals surface area contributed by atoms with E-state index < -0.39 is 5.82 Å². The Bertz CT molecular complexity index is 738. The highest BCUT2D eigenvalue weighted by Gasteiger charge is 2.28. The number of piperidine rings is 1. The fourth-order valence-corrected chi connectivity index (χ4v) is 2.87. The molecule has 3 nitrogen and oxygen atoms in total. The maximum absolute atomic E-state index is 13.3. The van der Waals surface area contributed by atoms with E-state index in [1.807, 2.05) is 0 Å². The van der Waals surface area contributed by atoms with Crippen molar-refractivity contribution in [3.05, 3.63) is 39.8 Å². The van der Waals surface area contributed by atoms with Gasteiger partial charge in [-0.15, -0.1) is 0 Å². The molecular weight excluding hydrogens is 269 g/mol. The third-order valence-electron chi connectivity index (χ3n) is 4.46. The quantitative estimate of drug-likeness (QED) is 0.799. The first-order valence-corrected chi connectivity index (χ1v) is 7.35. The summed E-state index contributed by atoms with van der Waals surface area (Å²) in [7, 11) is 0. The molecule has 0 atom stereocenters. The first-order chi connectivity index (χ1) is 9.87. The van der Waals surface area contributed by atoms with Gasteiger partial charge in [0.25, 0.3) is 0 Å². The Balaban J connectivity index is 2.06. The van der Waals surface area contributed by atoms with Crippen LogP contribution in [0.4, 0.5) is 10.3 Å². The average Bonchev–Trinajstić information content (AvgIpc) is 2.44. The van der Waals surface area contributed by atoms with Crippen LogP contribution in [0, 0.1) is 18.2 Å². The zero-order chi connectivity index (χ0) is 15.2. The molecule has 0 unspecified atom stereocenters. The van der Waals surface area contributed by atoms with Gasteiger partial charge in [0.2, 0.25) is 5.88 Å². The smallest absolute Gasteiger partial charge is 0.202 e. The van der Waals surface area contributed by atoms with E-state index in [1.54, 1.807) is 6.92 Å². The molecule has 4 heteroatoms. The van der Waals surface area contributed by atoms with Gasteiger partial charge in [-0.05, 0) is 43.4 Å². The van der Waals surface area contributed by atoms with Gasteiger partial charge in [-0.2, -0.15) is 0 Å². The molecule has 112 valence electrons. The lowest BCUT2D eigenvalue weighted by atomic mass is 9.82. The van der Waals surface area contributed by atoms with E-state index in [0.29, 0.717) is 27.8 Å². The lowest BCUT2D eigenvalue weighted by Gasteiger charge is -2.37. The second kappa shape index (κ2) is 4.86. The number of benzene rings is 1. The van der Waals surface area contributed by atoms with Crippen LogP contribution in [0.2, 0.25) is 0 Å². The predicted octanol–water partition coefficient (Wildman–Crippen LogP) is 3.87. The second-order valence-corrected chi connectivity index (χ2v) is 6.65. The molecule has 0 saturated carbocycles. The summed E-state index contributed by atoms with van der Waals surface area (Å²) in [4.78, 5) is 14.5. The largest absolute Gasteiger partial charge is 0.440 e. The topological polar surface area (TPSA) is 33.5 Å². The number of rotatable bonds is 1. The van der Waals surface area contributed by atoms with Crippen LogP contribution in [0.15, 0.2) is 27.4 Å². The van der Waals surface area contributed by atoms with Crippen molar-refractivity contribution in [3.63, 3.8) is 0 Å². The summed E-state index contributed by atoms with van der Waals surface area (Å²) >= 11 is 0. The number of hydrogen-bond donors (Lipinski definition) is 0. The summed E-state index contributed by atoms with van der Waals surface area (Å²) in [5.41, 5.74) is 1.21. The lowest BCUT2D eigenvalue weighted by Crippen LogP contribution is -2.38. The molecule has 2 heterocycles. The van der Waals surface area contributed by atoms with Gasteiger partial charge < -0.3 is 9.32 Å². The van der Waals surface area contributed by atoms with Crippen LogP contribution in [-0.4, -0.2) is 13.1 Å². The van der Waals surface area contributed by atoms with Crippen molar-refractivity contribution in [1.29, 1.82) is 0 Å². The van der Waals surface area contributed by atoms with Crippen molar-refractivity contribution in [2.45, 2.75) is 33.6 Å². The Hall–Kier alpha value is -1.84. The molecule has 0 aliphatic carbocycles. The SMILES string of the molecule is Cc1c(N2CCC(C)(C)CC2)oc2ccc(F)cc2c1=O. The van der Waals surface area contributed by atoms with Gasteiger partial charge in [0, 0.05) is 13.1 Å². The molecule has 0 N–H and O–H groups in total. The summed E-state index contributed by atoms with van der Waals surface area (Å²) < 4.78 is 19.2. The van der Waals surface area contributed by atoms with Crippen molar-refractivity contribution < 1.29 is 8.81 Å². The zero-order valence-corrected chi connectivity index (χ0v) is 12.7. The van der Waals surface area contributed by atoms with Crippen LogP contribution in [0.5, 0.6) is 0 Å². The molecule has 1 aromatic heterocycles. The molecule has 0 radical (unpaired) electrons. The van der Waals surface area contributed by atoms with E-state index >= 15 is 0 Å². The van der Waals surface area contributed by atoms with Gasteiger partial charge in [0.1, 0.15) is 11.4 Å². The summed E-state index contributed by atoms with van der Waals surface area (Å²) in [6.07, 6.45) is 2.13. The van der Waals surface area contributed by atoms with Crippen LogP contribution < -0.4 is 10.3 Å². The van der Waals surface area contributed by atoms with Gasteiger partial charge in [-0.1, -0.05) is 13.8 Å². The molecule has 1 saturated heterocycles. The summed E-state index contributed by atoms with van der Waals surface area (Å²) in [5.74, 6) is 0.219. The summed E-state index contributed by atoms with van der Waals surface area (Å²) in [6.45, 7) is 8.03. The van der Waals surface area contributed by atoms with Crippen molar-refractivity contribution >= 4 is 16.9 Å². The second-order valence-electron chi connectivity index (χ2n) is 6.65. The molecule has 2 aromatic rings. The molecule has 0 bridgehead atoms. The van der Waals surface area contributed by atoms with Crippen LogP contribution in [0.25, 0.3) is 11.0 Å². The number of fused-ring (bicyclic) bond motifs is 1. The van der Waals surface area contributed by atoms with E-state index in [0.717, 1.165) is 25.9 Å². The molecular formula is C17H20FNO2. The molecule has 3 rings (SSSR count). The third-order valence-corrected chi connectivity index (χ3v) is 4.46. The average molecular weight is 289 g/mol. The highest BCUT2D eigenvalue weighted by atomic mass is 19.1. The van der Waals surface area contributed by atoms with Gasteiger partial charge in [0.15, 0.2) is 5.43 Å². The van der Waals surface area contributed by atoms with Crippen molar-refractivity contribution in [3.8, 4) is 0 Å². The van der Waals surface area contributed by atoms with Crippen LogP contribution in [0.1, 0.15) is 32.3 Å². The van der Waals surface area contributed by atoms with E-state index in [4.69, 9.17) is 4.42 Å². The lowest BCUT2D eigenvalue weighted by molar-refractivity contribution is 0.274. The number of halogens is 1. The third kappa shape index (κ3) is 2.55. The fraction of sp³-hybridized carbons (Fsp3) is 0.471.